The summed E-state index contributed by atoms with van der Waals surface area (Å²) in [6.07, 6.45) is 5.37. The van der Waals surface area contributed by atoms with Crippen LogP contribution in [0.2, 0.25) is 0 Å². The zero-order valence-corrected chi connectivity index (χ0v) is 13.8. The van der Waals surface area contributed by atoms with Crippen LogP contribution in [0.25, 0.3) is 5.65 Å². The van der Waals surface area contributed by atoms with E-state index in [1.165, 1.54) is 12.1 Å². The standard InChI is InChI=1S/C17H14BrFN4/c1-2-9-20-17(12-3-5-13(19)6-4-12)22-14-7-8-16-21-10-15(18)23(16)11-14/h2-8,10-11H,1,9H2,(H,20,22). The fraction of sp³-hybridized carbons (Fsp3) is 0.0588. The molecule has 0 saturated heterocycles. The van der Waals surface area contributed by atoms with Crippen molar-refractivity contribution in [2.75, 3.05) is 11.9 Å². The summed E-state index contributed by atoms with van der Waals surface area (Å²) < 4.78 is 15.9. The third kappa shape index (κ3) is 3.48. The maximum atomic E-state index is 13.1. The Kier molecular flexibility index (Phi) is 4.52. The summed E-state index contributed by atoms with van der Waals surface area (Å²) in [7, 11) is 0. The number of pyridine rings is 1. The highest BCUT2D eigenvalue weighted by atomic mass is 79.9. The Morgan fingerprint density at radius 3 is 2.83 bits per heavy atom. The van der Waals surface area contributed by atoms with E-state index in [9.17, 15) is 4.39 Å². The van der Waals surface area contributed by atoms with Crippen molar-refractivity contribution in [3.63, 3.8) is 0 Å². The van der Waals surface area contributed by atoms with Crippen LogP contribution in [0.4, 0.5) is 10.1 Å². The van der Waals surface area contributed by atoms with Crippen molar-refractivity contribution in [3.05, 3.63) is 77.4 Å². The number of amidine groups is 1. The molecule has 2 aromatic heterocycles. The molecule has 0 aliphatic carbocycles. The summed E-state index contributed by atoms with van der Waals surface area (Å²) in [6.45, 7) is 4.15. The van der Waals surface area contributed by atoms with Crippen LogP contribution in [0, 0.1) is 5.82 Å². The van der Waals surface area contributed by atoms with Gasteiger partial charge in [0.05, 0.1) is 18.4 Å². The SMILES string of the molecule is C=CCN=C(Nc1ccc2ncc(Br)n2c1)c1ccc(F)cc1. The van der Waals surface area contributed by atoms with Gasteiger partial charge in [0.25, 0.3) is 0 Å². The van der Waals surface area contributed by atoms with E-state index in [-0.39, 0.29) is 5.82 Å². The first-order chi connectivity index (χ1) is 11.2. The van der Waals surface area contributed by atoms with Gasteiger partial charge in [-0.2, -0.15) is 0 Å². The molecule has 4 nitrogen and oxygen atoms in total. The van der Waals surface area contributed by atoms with Gasteiger partial charge in [-0.1, -0.05) is 6.08 Å². The molecule has 2 heterocycles. The van der Waals surface area contributed by atoms with Crippen LogP contribution in [0.1, 0.15) is 5.56 Å². The Morgan fingerprint density at radius 1 is 1.30 bits per heavy atom. The van der Waals surface area contributed by atoms with Gasteiger partial charge in [0.15, 0.2) is 0 Å². The molecule has 3 rings (SSSR count). The maximum absolute atomic E-state index is 13.1. The normalized spacial score (nSPS) is 11.7. The molecule has 0 bridgehead atoms. The Morgan fingerprint density at radius 2 is 2.09 bits per heavy atom. The van der Waals surface area contributed by atoms with Crippen molar-refractivity contribution < 1.29 is 4.39 Å². The van der Waals surface area contributed by atoms with Crippen LogP contribution in [0.5, 0.6) is 0 Å². The Labute approximate surface area is 141 Å². The minimum atomic E-state index is -0.277. The molecule has 116 valence electrons. The summed E-state index contributed by atoms with van der Waals surface area (Å²) in [5, 5.41) is 3.27. The van der Waals surface area contributed by atoms with Crippen LogP contribution in [-0.4, -0.2) is 21.8 Å². The summed E-state index contributed by atoms with van der Waals surface area (Å²) >= 11 is 3.45. The van der Waals surface area contributed by atoms with E-state index in [1.807, 2.05) is 22.7 Å². The fourth-order valence-corrected chi connectivity index (χ4v) is 2.51. The van der Waals surface area contributed by atoms with Gasteiger partial charge >= 0.3 is 0 Å². The van der Waals surface area contributed by atoms with E-state index < -0.39 is 0 Å². The van der Waals surface area contributed by atoms with Crippen molar-refractivity contribution >= 4 is 33.1 Å². The third-order valence-corrected chi connectivity index (χ3v) is 3.81. The smallest absolute Gasteiger partial charge is 0.137 e. The molecule has 23 heavy (non-hydrogen) atoms. The van der Waals surface area contributed by atoms with Crippen molar-refractivity contribution in [2.45, 2.75) is 0 Å². The number of nitrogens with one attached hydrogen (secondary N) is 1. The lowest BCUT2D eigenvalue weighted by atomic mass is 10.2. The number of hydrogen-bond donors (Lipinski definition) is 1. The van der Waals surface area contributed by atoms with E-state index in [2.05, 4.69) is 37.8 Å². The van der Waals surface area contributed by atoms with E-state index in [0.29, 0.717) is 12.4 Å². The van der Waals surface area contributed by atoms with Gasteiger partial charge in [-0.25, -0.2) is 9.37 Å². The molecule has 0 spiro atoms. The number of fused-ring (bicyclic) bond motifs is 1. The highest BCUT2D eigenvalue weighted by Crippen LogP contribution is 2.17. The first kappa shape index (κ1) is 15.4. The number of halogens is 2. The van der Waals surface area contributed by atoms with Gasteiger partial charge in [0, 0.05) is 11.8 Å². The molecule has 0 unspecified atom stereocenters. The molecule has 3 aromatic rings. The number of benzene rings is 1. The predicted molar refractivity (Wildman–Crippen MR) is 94.5 cm³/mol. The van der Waals surface area contributed by atoms with E-state index in [0.717, 1.165) is 21.5 Å². The van der Waals surface area contributed by atoms with Crippen molar-refractivity contribution in [2.24, 2.45) is 4.99 Å². The lowest BCUT2D eigenvalue weighted by Gasteiger charge is -2.11. The zero-order chi connectivity index (χ0) is 16.2. The van der Waals surface area contributed by atoms with Crippen LogP contribution in [-0.2, 0) is 0 Å². The van der Waals surface area contributed by atoms with Gasteiger partial charge in [-0.15, -0.1) is 6.58 Å². The lowest BCUT2D eigenvalue weighted by Crippen LogP contribution is -2.14. The lowest BCUT2D eigenvalue weighted by molar-refractivity contribution is 0.628. The van der Waals surface area contributed by atoms with Crippen molar-refractivity contribution in [3.8, 4) is 0 Å². The van der Waals surface area contributed by atoms with Crippen LogP contribution in [0.3, 0.4) is 0 Å². The molecule has 0 saturated carbocycles. The van der Waals surface area contributed by atoms with Crippen molar-refractivity contribution in [1.82, 2.24) is 9.38 Å². The van der Waals surface area contributed by atoms with Gasteiger partial charge in [-0.05, 0) is 52.3 Å². The second-order valence-corrected chi connectivity index (χ2v) is 5.65. The molecular weight excluding hydrogens is 359 g/mol. The third-order valence-electron chi connectivity index (χ3n) is 3.22. The number of nitrogens with zero attached hydrogens (tertiary/aromatic N) is 3. The summed E-state index contributed by atoms with van der Waals surface area (Å²) in [6, 6.07) is 10.0. The van der Waals surface area contributed by atoms with Gasteiger partial charge in [-0.3, -0.25) is 9.39 Å². The molecule has 1 N–H and O–H groups in total. The highest BCUT2D eigenvalue weighted by molar-refractivity contribution is 9.10. The second-order valence-electron chi connectivity index (χ2n) is 4.84. The van der Waals surface area contributed by atoms with Crippen LogP contribution in [0.15, 0.2) is 71.0 Å². The van der Waals surface area contributed by atoms with E-state index in [4.69, 9.17) is 0 Å². The van der Waals surface area contributed by atoms with E-state index >= 15 is 0 Å². The number of aromatic nitrogens is 2. The molecule has 0 atom stereocenters. The van der Waals surface area contributed by atoms with E-state index in [1.54, 1.807) is 24.4 Å². The van der Waals surface area contributed by atoms with Crippen LogP contribution >= 0.6 is 15.9 Å². The second kappa shape index (κ2) is 6.75. The largest absolute Gasteiger partial charge is 0.339 e. The van der Waals surface area contributed by atoms with Gasteiger partial charge < -0.3 is 5.32 Å². The molecule has 1 aromatic carbocycles. The average Bonchev–Trinajstić information content (AvgIpc) is 2.93. The Bertz CT molecular complexity index is 868. The van der Waals surface area contributed by atoms with Crippen LogP contribution < -0.4 is 5.32 Å². The fourth-order valence-electron chi connectivity index (χ4n) is 2.13. The number of rotatable bonds is 4. The Hall–Kier alpha value is -2.47. The number of hydrogen-bond acceptors (Lipinski definition) is 2. The summed E-state index contributed by atoms with van der Waals surface area (Å²) in [5.41, 5.74) is 2.50. The molecule has 6 heteroatoms. The van der Waals surface area contributed by atoms with Gasteiger partial charge in [0.2, 0.25) is 0 Å². The zero-order valence-electron chi connectivity index (χ0n) is 12.2. The number of aliphatic imine (C=N–C) groups is 1. The predicted octanol–water partition coefficient (Wildman–Crippen LogP) is 4.28. The minimum absolute atomic E-state index is 0.277. The Balaban J connectivity index is 1.94. The molecule has 0 aliphatic heterocycles. The molecule has 0 aliphatic rings. The topological polar surface area (TPSA) is 41.7 Å². The molecular formula is C17H14BrFN4. The number of anilines is 1. The van der Waals surface area contributed by atoms with Gasteiger partial charge in [0.1, 0.15) is 21.9 Å². The first-order valence-electron chi connectivity index (χ1n) is 6.98. The highest BCUT2D eigenvalue weighted by Gasteiger charge is 2.06. The monoisotopic (exact) mass is 372 g/mol. The number of imidazole rings is 1. The quantitative estimate of drug-likeness (QED) is 0.421. The minimum Gasteiger partial charge on any atom is -0.339 e. The molecule has 0 amide bonds. The summed E-state index contributed by atoms with van der Waals surface area (Å²) in [4.78, 5) is 8.72. The molecule has 0 fully saturated rings. The average molecular weight is 373 g/mol. The maximum Gasteiger partial charge on any atom is 0.137 e. The summed E-state index contributed by atoms with van der Waals surface area (Å²) in [5.74, 6) is 0.376. The molecule has 0 radical (unpaired) electrons. The first-order valence-corrected chi connectivity index (χ1v) is 7.77. The van der Waals surface area contributed by atoms with Crippen molar-refractivity contribution in [1.29, 1.82) is 0 Å².